The average Bonchev–Trinajstić information content (AvgIpc) is 0.762. The number of phenols is 4. The number of hydrogen-bond acceptors (Lipinski definition) is 28. The number of halogens is 2. The Kier molecular flexibility index (Phi) is 25.8. The number of aromatic hydroxyl groups is 4. The number of likely N-dealkylation sites (N-methyl/N-ethyl adjacent to an activating group) is 1. The van der Waals surface area contributed by atoms with Crippen LogP contribution in [-0.2, 0) is 59.0 Å². The van der Waals surface area contributed by atoms with Gasteiger partial charge in [-0.1, -0.05) is 93.1 Å². The van der Waals surface area contributed by atoms with Crippen LogP contribution in [0.1, 0.15) is 128 Å². The highest BCUT2D eigenvalue weighted by molar-refractivity contribution is 6.33. The van der Waals surface area contributed by atoms with Gasteiger partial charge in [-0.3, -0.25) is 33.6 Å². The molecule has 0 spiro atoms. The molecule has 2 saturated heterocycles. The van der Waals surface area contributed by atoms with Gasteiger partial charge in [0, 0.05) is 47.2 Å². The number of aliphatic hydroxyl groups excluding tert-OH is 7. The third kappa shape index (κ3) is 18.2. The maximum absolute atomic E-state index is 16.6. The fraction of sp³-hybridized carbons (Fsp3) is 0.370. The normalized spacial score (nSPS) is 26.7. The molecule has 2 fully saturated rings. The van der Waals surface area contributed by atoms with E-state index in [-0.39, 0.29) is 40.4 Å². The van der Waals surface area contributed by atoms with Crippen LogP contribution >= 0.6 is 23.2 Å². The lowest BCUT2D eigenvalue weighted by atomic mass is 9.89. The molecule has 37 nitrogen and oxygen atoms in total. The molecule has 0 radical (unpaired) electrons. The second-order valence-corrected chi connectivity index (χ2v) is 30.7. The number of rotatable bonds is 16. The summed E-state index contributed by atoms with van der Waals surface area (Å²) in [4.78, 5) is 135. The molecule has 120 heavy (non-hydrogen) atoms. The van der Waals surface area contributed by atoms with Crippen molar-refractivity contribution in [2.24, 2.45) is 5.92 Å². The first-order chi connectivity index (χ1) is 57.2. The predicted octanol–water partition coefficient (Wildman–Crippen LogP) is 3.40. The Morgan fingerprint density at radius 2 is 1.19 bits per heavy atom. The molecule has 7 aromatic rings. The predicted molar refractivity (Wildman–Crippen MR) is 414 cm³/mol. The second kappa shape index (κ2) is 36.0. The van der Waals surface area contributed by atoms with E-state index in [1.54, 1.807) is 0 Å². The van der Waals surface area contributed by atoms with Gasteiger partial charge in [-0.15, -0.1) is 0 Å². The zero-order chi connectivity index (χ0) is 86.1. The van der Waals surface area contributed by atoms with Crippen LogP contribution in [0.3, 0.4) is 0 Å². The topological polar surface area (TPSA) is 577 Å². The Hall–Kier alpha value is -11.9. The molecule has 636 valence electrons. The first kappa shape index (κ1) is 86.0. The van der Waals surface area contributed by atoms with Gasteiger partial charge < -0.3 is 142 Å². The standard InChI is InChI=1S/C81H84Cl2N8O29/c1-31(2)8-6-4-5-7-9-54(97)86-63-66(100)68(102)71(79(112)113)120-80(63)119-70-51-24-36-25-52(70)116-48-19-14-35(22-43(48)82)64(98)62-77(109)90-61(78(110)111)41-26-37(93)27-50(117-81-69(103)67(101)65(99)53(30-92)118-81)55(41)40-21-33(12-17-45(40)94)58(74(106)91-62)87-75(107)59(36)88-76(108)60-42-28-39(29-47(96)56(42)83)115-49-23-34(13-18-46(49)95)57(84-3)73(105)85-44(72(104)89-60)20-32-10-15-38(114-51)16-11-32/h10-19,21-29,31,44,53,57-69,71,80-81,84,92-96,98-103H,4-9,20,30H2,1-3H3,(H,85,105)(H,86,97)(H,87,107)(H,88,108)(H,89,104)(H,90,109)(H,91,106)(H,110,111)(H,112,113)/t44-,53-,57+,58-,59-,60?,61?,62+,63-,64-,65-,66-,67+,68+,69+,71+,80-,81+/m1/s1. The molecule has 0 aromatic heterocycles. The van der Waals surface area contributed by atoms with Crippen molar-refractivity contribution in [3.8, 4) is 80.1 Å². The van der Waals surface area contributed by atoms with Gasteiger partial charge >= 0.3 is 11.9 Å². The number of benzene rings is 7. The summed E-state index contributed by atoms with van der Waals surface area (Å²) in [5, 5.41) is 167. The SMILES string of the molecule is CN[C@@H]1C(=O)N[C@@H]2Cc3ccc(cc3)Oc3cc4cc(c3O[C@@H]3O[C@H](C(=O)O)[C@@H](O)[C@H](O)[C@H]3NC(=O)CCCCCCC(C)C)Oc3ccc(cc3Cl)[C@@H](O)[C@@H]3NC(=O)[C@H](NC(=O)[C@@H]4NC(=O)C(NC2=O)c2cc(cc(O)c2Cl)Oc2cc1ccc2O)c1ccc(O)c(c1)-c1c(O[C@H]2O[C@H](CO)[C@@H](O)[C@H](O)[C@@H]2O)cc(O)cc1C(C(=O)O)NC3=O. The van der Waals surface area contributed by atoms with Crippen LogP contribution in [0.4, 0.5) is 0 Å². The third-order valence-corrected chi connectivity index (χ3v) is 21.8. The number of carboxylic acids is 2. The van der Waals surface area contributed by atoms with Gasteiger partial charge in [0.1, 0.15) is 125 Å². The summed E-state index contributed by atoms with van der Waals surface area (Å²) in [7, 11) is 1.42. The molecule has 8 aliphatic heterocycles. The number of nitrogens with one attached hydrogen (secondary N) is 8. The molecular formula is C81H84Cl2N8O29. The number of phenolic OH excluding ortho intramolecular Hbond substituents is 4. The highest BCUT2D eigenvalue weighted by Gasteiger charge is 2.52. The lowest BCUT2D eigenvalue weighted by Crippen LogP contribution is -2.66. The molecule has 17 bridgehead atoms. The minimum Gasteiger partial charge on any atom is -0.508 e. The zero-order valence-corrected chi connectivity index (χ0v) is 65.2. The molecular weight excluding hydrogens is 1620 g/mol. The number of unbranched alkanes of at least 4 members (excludes halogenated alkanes) is 3. The highest BCUT2D eigenvalue weighted by atomic mass is 35.5. The van der Waals surface area contributed by atoms with Crippen molar-refractivity contribution in [3.63, 3.8) is 0 Å². The van der Waals surface area contributed by atoms with Crippen LogP contribution in [0, 0.1) is 5.92 Å². The number of amides is 7. The van der Waals surface area contributed by atoms with E-state index in [2.05, 4.69) is 56.4 Å². The molecule has 7 aromatic carbocycles. The maximum Gasteiger partial charge on any atom is 0.335 e. The van der Waals surface area contributed by atoms with Crippen molar-refractivity contribution >= 4 is 76.5 Å². The molecule has 18 atom stereocenters. The van der Waals surface area contributed by atoms with E-state index in [1.807, 2.05) is 0 Å². The van der Waals surface area contributed by atoms with Gasteiger partial charge in [0.25, 0.3) is 0 Å². The van der Waals surface area contributed by atoms with E-state index in [0.717, 1.165) is 92.1 Å². The van der Waals surface area contributed by atoms with Gasteiger partial charge in [0.05, 0.1) is 16.7 Å². The van der Waals surface area contributed by atoms with Crippen LogP contribution in [0.5, 0.6) is 69.0 Å². The van der Waals surface area contributed by atoms with Crippen molar-refractivity contribution in [1.82, 2.24) is 42.5 Å². The number of carboxylic acid groups (broad SMARTS) is 2. The maximum atomic E-state index is 16.6. The Labute approximate surface area is 691 Å². The summed E-state index contributed by atoms with van der Waals surface area (Å²) in [6, 6.07) is 4.37. The summed E-state index contributed by atoms with van der Waals surface area (Å²) < 4.78 is 43.9. The first-order valence-electron chi connectivity index (χ1n) is 37.9. The quantitative estimate of drug-likeness (QED) is 0.0616. The van der Waals surface area contributed by atoms with Gasteiger partial charge in [-0.05, 0) is 120 Å². The summed E-state index contributed by atoms with van der Waals surface area (Å²) in [5.41, 5.74) is -3.29. The number of fused-ring (bicyclic) bond motifs is 14. The summed E-state index contributed by atoms with van der Waals surface area (Å²) >= 11 is 14.1. The Bertz CT molecular complexity index is 5160. The number of aliphatic carboxylic acids is 2. The molecule has 15 rings (SSSR count). The van der Waals surface area contributed by atoms with Crippen molar-refractivity contribution in [1.29, 1.82) is 0 Å². The van der Waals surface area contributed by atoms with E-state index >= 15 is 24.0 Å². The Morgan fingerprint density at radius 1 is 0.542 bits per heavy atom. The largest absolute Gasteiger partial charge is 0.508 e. The van der Waals surface area contributed by atoms with Crippen molar-refractivity contribution in [3.05, 3.63) is 164 Å². The van der Waals surface area contributed by atoms with E-state index in [9.17, 15) is 85.6 Å². The Balaban J connectivity index is 1.05. The molecule has 7 amide bonds. The van der Waals surface area contributed by atoms with Crippen LogP contribution in [0.15, 0.2) is 115 Å². The van der Waals surface area contributed by atoms with Gasteiger partial charge in [-0.2, -0.15) is 0 Å². The average molecular weight is 1700 g/mol. The molecule has 21 N–H and O–H groups in total. The molecule has 39 heteroatoms. The number of ether oxygens (including phenoxy) is 7. The molecule has 8 heterocycles. The minimum absolute atomic E-state index is 0.154. The van der Waals surface area contributed by atoms with Crippen LogP contribution in [0.2, 0.25) is 10.0 Å². The minimum atomic E-state index is -2.47. The van der Waals surface area contributed by atoms with Crippen molar-refractivity contribution < 1.29 is 143 Å². The molecule has 8 aliphatic rings. The Morgan fingerprint density at radius 3 is 1.88 bits per heavy atom. The first-order valence-corrected chi connectivity index (χ1v) is 38.7. The summed E-state index contributed by atoms with van der Waals surface area (Å²) in [6.45, 7) is 3.14. The number of carbonyl (C=O) groups excluding carboxylic acids is 7. The fourth-order valence-corrected chi connectivity index (χ4v) is 15.3. The van der Waals surface area contributed by atoms with Crippen LogP contribution in [-0.4, -0.2) is 207 Å². The third-order valence-electron chi connectivity index (χ3n) is 21.1. The second-order valence-electron chi connectivity index (χ2n) is 29.9. The van der Waals surface area contributed by atoms with E-state index in [1.165, 1.54) is 49.5 Å². The molecule has 2 unspecified atom stereocenters. The monoisotopic (exact) mass is 1700 g/mol. The lowest BCUT2D eigenvalue weighted by molar-refractivity contribution is -0.277. The van der Waals surface area contributed by atoms with Crippen molar-refractivity contribution in [2.75, 3.05) is 13.7 Å². The number of hydrogen-bond donors (Lipinski definition) is 21. The summed E-state index contributed by atoms with van der Waals surface area (Å²) in [6.07, 6.45) is -18.5. The van der Waals surface area contributed by atoms with E-state index < -0.39 is 271 Å². The van der Waals surface area contributed by atoms with E-state index in [4.69, 9.17) is 56.4 Å². The van der Waals surface area contributed by atoms with Gasteiger partial charge in [0.15, 0.2) is 35.1 Å². The molecule has 0 saturated carbocycles. The summed E-state index contributed by atoms with van der Waals surface area (Å²) in [5.74, 6) is -19.2. The van der Waals surface area contributed by atoms with Crippen LogP contribution in [0.25, 0.3) is 11.1 Å². The number of aliphatic hydroxyl groups is 7. The van der Waals surface area contributed by atoms with E-state index in [0.29, 0.717) is 18.8 Å². The zero-order valence-electron chi connectivity index (χ0n) is 63.7. The van der Waals surface area contributed by atoms with Crippen molar-refractivity contribution in [2.45, 2.75) is 169 Å². The van der Waals surface area contributed by atoms with Gasteiger partial charge in [0.2, 0.25) is 59.7 Å². The highest BCUT2D eigenvalue weighted by Crippen LogP contribution is 2.50. The van der Waals surface area contributed by atoms with Crippen LogP contribution < -0.4 is 66.2 Å². The smallest absolute Gasteiger partial charge is 0.335 e. The van der Waals surface area contributed by atoms with Gasteiger partial charge in [-0.25, -0.2) is 9.59 Å². The molecule has 0 aliphatic carbocycles. The lowest BCUT2D eigenvalue weighted by Gasteiger charge is -2.41. The fourth-order valence-electron chi connectivity index (χ4n) is 14.8. The number of carbonyl (C=O) groups is 9.